The molecule has 0 amide bonds. The molecule has 0 atom stereocenters. The summed E-state index contributed by atoms with van der Waals surface area (Å²) in [7, 11) is 0. The van der Waals surface area contributed by atoms with Gasteiger partial charge in [-0.25, -0.2) is 0 Å². The van der Waals surface area contributed by atoms with Crippen LogP contribution in [0, 0.1) is 27.7 Å². The van der Waals surface area contributed by atoms with Gasteiger partial charge in [-0.05, 0) is 0 Å². The molecule has 19 heavy (non-hydrogen) atoms. The molecule has 2 aromatic rings. The average Bonchev–Trinajstić information content (AvgIpc) is 2.33. The maximum atomic E-state index is 9.80. The fourth-order valence-corrected chi connectivity index (χ4v) is 5.55. The van der Waals surface area contributed by atoms with E-state index in [0.29, 0.717) is 11.5 Å². The molecule has 2 nitrogen and oxygen atoms in total. The number of rotatable bonds is 2. The molecule has 2 N–H and O–H groups in total. The first-order valence-corrected chi connectivity index (χ1v) is 8.50. The van der Waals surface area contributed by atoms with Crippen molar-refractivity contribution in [2.75, 3.05) is 0 Å². The second-order valence-corrected chi connectivity index (χ2v) is 8.19. The second-order valence-electron chi connectivity index (χ2n) is 4.91. The van der Waals surface area contributed by atoms with Crippen molar-refractivity contribution < 1.29 is 10.2 Å². The van der Waals surface area contributed by atoms with Gasteiger partial charge in [0.1, 0.15) is 0 Å². The van der Waals surface area contributed by atoms with E-state index in [0.717, 1.165) is 22.3 Å². The van der Waals surface area contributed by atoms with Gasteiger partial charge in [-0.3, -0.25) is 0 Å². The molecule has 0 heterocycles. The molecule has 2 rings (SSSR count). The van der Waals surface area contributed by atoms with Crippen LogP contribution in [0.1, 0.15) is 22.3 Å². The zero-order valence-corrected chi connectivity index (χ0v) is 13.9. The van der Waals surface area contributed by atoms with Crippen molar-refractivity contribution in [2.24, 2.45) is 0 Å². The van der Waals surface area contributed by atoms with Crippen molar-refractivity contribution in [3.05, 3.63) is 46.5 Å². The van der Waals surface area contributed by atoms with Gasteiger partial charge in [0.2, 0.25) is 0 Å². The Bertz CT molecular complexity index is 531. The third-order valence-electron chi connectivity index (χ3n) is 3.16. The van der Waals surface area contributed by atoms with Gasteiger partial charge in [0.15, 0.2) is 0 Å². The van der Waals surface area contributed by atoms with Crippen molar-refractivity contribution in [2.45, 2.75) is 27.7 Å². The van der Waals surface area contributed by atoms with Crippen LogP contribution in [-0.2, 0) is 0 Å². The molecule has 0 aromatic heterocycles. The first-order valence-electron chi connectivity index (χ1n) is 6.16. The third kappa shape index (κ3) is 3.05. The molecule has 0 aliphatic carbocycles. The van der Waals surface area contributed by atoms with E-state index in [1.807, 2.05) is 27.7 Å². The monoisotopic (exact) mass is 372 g/mol. The van der Waals surface area contributed by atoms with E-state index in [1.54, 1.807) is 0 Å². The van der Waals surface area contributed by atoms with E-state index in [1.165, 1.54) is 7.22 Å². The minimum atomic E-state index is -0.485. The molecule has 0 aliphatic rings. The standard InChI is InChI=1S/C16H18O2Te/c1-9-5-13(6-10(2)15(9)17)19-14-7-11(3)16(18)12(4)8-14/h5-8,17-18H,1-4H3. The predicted molar refractivity (Wildman–Crippen MR) is 80.2 cm³/mol. The van der Waals surface area contributed by atoms with Crippen LogP contribution in [0.4, 0.5) is 0 Å². The third-order valence-corrected chi connectivity index (χ3v) is 5.86. The summed E-state index contributed by atoms with van der Waals surface area (Å²) in [5.41, 5.74) is 3.75. The van der Waals surface area contributed by atoms with E-state index in [-0.39, 0.29) is 0 Å². The fraction of sp³-hybridized carbons (Fsp3) is 0.250. The summed E-state index contributed by atoms with van der Waals surface area (Å²) in [5, 5.41) is 19.6. The zero-order valence-electron chi connectivity index (χ0n) is 11.6. The van der Waals surface area contributed by atoms with E-state index in [2.05, 4.69) is 24.3 Å². The molecule has 0 saturated heterocycles. The number of aromatic hydroxyl groups is 2. The number of hydrogen-bond acceptors (Lipinski definition) is 2. The Morgan fingerprint density at radius 2 is 0.895 bits per heavy atom. The molecule has 0 fully saturated rings. The van der Waals surface area contributed by atoms with Gasteiger partial charge in [0.05, 0.1) is 0 Å². The maximum absolute atomic E-state index is 9.80. The Morgan fingerprint density at radius 3 is 1.16 bits per heavy atom. The predicted octanol–water partition coefficient (Wildman–Crippen LogP) is 1.99. The molecule has 0 aliphatic heterocycles. The van der Waals surface area contributed by atoms with Crippen LogP contribution >= 0.6 is 0 Å². The Balaban J connectivity index is 2.36. The van der Waals surface area contributed by atoms with Crippen LogP contribution < -0.4 is 7.22 Å². The van der Waals surface area contributed by atoms with Gasteiger partial charge in [-0.15, -0.1) is 0 Å². The average molecular weight is 370 g/mol. The topological polar surface area (TPSA) is 40.5 Å². The normalized spacial score (nSPS) is 10.7. The van der Waals surface area contributed by atoms with Gasteiger partial charge < -0.3 is 0 Å². The summed E-state index contributed by atoms with van der Waals surface area (Å²) >= 11 is -0.485. The molecular formula is C16H18O2Te. The Kier molecular flexibility index (Phi) is 4.08. The first-order chi connectivity index (χ1) is 8.88. The van der Waals surface area contributed by atoms with Crippen molar-refractivity contribution in [3.63, 3.8) is 0 Å². The van der Waals surface area contributed by atoms with Crippen LogP contribution in [0.2, 0.25) is 0 Å². The summed E-state index contributed by atoms with van der Waals surface area (Å²) in [6.07, 6.45) is 0. The first kappa shape index (κ1) is 14.2. The summed E-state index contributed by atoms with van der Waals surface area (Å²) in [4.78, 5) is 0. The van der Waals surface area contributed by atoms with E-state index in [9.17, 15) is 10.2 Å². The van der Waals surface area contributed by atoms with Gasteiger partial charge >= 0.3 is 124 Å². The minimum absolute atomic E-state index is 0.397. The molecule has 100 valence electrons. The van der Waals surface area contributed by atoms with Crippen LogP contribution in [0.25, 0.3) is 0 Å². The van der Waals surface area contributed by atoms with Crippen molar-refractivity contribution in [3.8, 4) is 11.5 Å². The van der Waals surface area contributed by atoms with Crippen LogP contribution in [0.5, 0.6) is 11.5 Å². The fourth-order valence-electron chi connectivity index (χ4n) is 2.09. The van der Waals surface area contributed by atoms with Crippen molar-refractivity contribution in [1.82, 2.24) is 0 Å². The van der Waals surface area contributed by atoms with E-state index < -0.39 is 20.9 Å². The quantitative estimate of drug-likeness (QED) is 0.795. The number of phenols is 2. The zero-order chi connectivity index (χ0) is 14.2. The molecule has 0 unspecified atom stereocenters. The molecule has 0 radical (unpaired) electrons. The number of benzene rings is 2. The van der Waals surface area contributed by atoms with Crippen molar-refractivity contribution >= 4 is 28.1 Å². The Hall–Kier alpha value is -1.17. The summed E-state index contributed by atoms with van der Waals surface area (Å²) < 4.78 is 2.62. The Labute approximate surface area is 124 Å². The van der Waals surface area contributed by atoms with Crippen LogP contribution in [0.3, 0.4) is 0 Å². The van der Waals surface area contributed by atoms with Gasteiger partial charge in [0, 0.05) is 0 Å². The van der Waals surface area contributed by atoms with E-state index in [4.69, 9.17) is 0 Å². The molecular weight excluding hydrogens is 352 g/mol. The molecule has 3 heteroatoms. The van der Waals surface area contributed by atoms with Crippen molar-refractivity contribution in [1.29, 1.82) is 0 Å². The van der Waals surface area contributed by atoms with E-state index >= 15 is 0 Å². The number of aryl methyl sites for hydroxylation is 4. The molecule has 0 saturated carbocycles. The SMILES string of the molecule is Cc1cc([Te]c2cc(C)c(O)c(C)c2)cc(C)c1O. The number of hydrogen-bond donors (Lipinski definition) is 2. The Morgan fingerprint density at radius 1 is 0.632 bits per heavy atom. The molecule has 2 aromatic carbocycles. The van der Waals surface area contributed by atoms with Gasteiger partial charge in [-0.2, -0.15) is 0 Å². The second kappa shape index (κ2) is 5.45. The number of phenolic OH excluding ortho intramolecular Hbond substituents is 2. The summed E-state index contributed by atoms with van der Waals surface area (Å²) in [6.45, 7) is 7.75. The van der Waals surface area contributed by atoms with Gasteiger partial charge in [-0.1, -0.05) is 0 Å². The van der Waals surface area contributed by atoms with Gasteiger partial charge in [0.25, 0.3) is 0 Å². The molecule has 0 spiro atoms. The van der Waals surface area contributed by atoms with Crippen LogP contribution in [-0.4, -0.2) is 31.1 Å². The summed E-state index contributed by atoms with van der Waals surface area (Å²) in [6, 6.07) is 8.29. The molecule has 0 bridgehead atoms. The summed E-state index contributed by atoms with van der Waals surface area (Å²) in [5.74, 6) is 0.795. The van der Waals surface area contributed by atoms with Crippen LogP contribution in [0.15, 0.2) is 24.3 Å².